The molecule has 3 nitrogen and oxygen atoms in total. The van der Waals surface area contributed by atoms with Gasteiger partial charge in [0.2, 0.25) is 0 Å². The summed E-state index contributed by atoms with van der Waals surface area (Å²) in [5.74, 6) is 0.525. The fourth-order valence-electron chi connectivity index (χ4n) is 0.982. The van der Waals surface area contributed by atoms with Gasteiger partial charge in [0.05, 0.1) is 0 Å². The molecular formula is C9H12N3-. The Bertz CT molecular complexity index is 305. The van der Waals surface area contributed by atoms with E-state index in [1.807, 2.05) is 13.8 Å². The van der Waals surface area contributed by atoms with Crippen LogP contribution in [0.4, 0.5) is 5.95 Å². The topological polar surface area (TPSA) is 39.9 Å². The second-order valence-corrected chi connectivity index (χ2v) is 2.67. The quantitative estimate of drug-likeness (QED) is 0.670. The maximum absolute atomic E-state index is 4.17. The van der Waals surface area contributed by atoms with Crippen LogP contribution >= 0.6 is 0 Å². The summed E-state index contributed by atoms with van der Waals surface area (Å²) in [5, 5.41) is 3.88. The third-order valence-electron chi connectivity index (χ3n) is 1.63. The second-order valence-electron chi connectivity index (χ2n) is 2.67. The maximum Gasteiger partial charge on any atom is 0.0231 e. The summed E-state index contributed by atoms with van der Waals surface area (Å²) in [5.41, 5.74) is 2.91. The van der Waals surface area contributed by atoms with Gasteiger partial charge in [-0.3, -0.25) is 0 Å². The monoisotopic (exact) mass is 162 g/mol. The van der Waals surface area contributed by atoms with Crippen LogP contribution < -0.4 is 0 Å². The van der Waals surface area contributed by atoms with Crippen LogP contribution in [-0.2, 0) is 0 Å². The summed E-state index contributed by atoms with van der Waals surface area (Å²) in [6, 6.07) is 0. The zero-order valence-electron chi connectivity index (χ0n) is 7.63. The van der Waals surface area contributed by atoms with E-state index >= 15 is 0 Å². The lowest BCUT2D eigenvalue weighted by Gasteiger charge is -2.13. The molecule has 1 heterocycles. The minimum absolute atomic E-state index is 0.525. The Kier molecular flexibility index (Phi) is 2.43. The Morgan fingerprint density at radius 3 is 2.67 bits per heavy atom. The van der Waals surface area contributed by atoms with Gasteiger partial charge < -0.3 is 15.3 Å². The minimum atomic E-state index is 0.525. The molecule has 1 aromatic heterocycles. The van der Waals surface area contributed by atoms with Gasteiger partial charge in [-0.25, -0.2) is 0 Å². The van der Waals surface area contributed by atoms with Crippen molar-refractivity contribution in [3.63, 3.8) is 0 Å². The van der Waals surface area contributed by atoms with E-state index in [-0.39, 0.29) is 0 Å². The largest absolute Gasteiger partial charge is 0.397 e. The summed E-state index contributed by atoms with van der Waals surface area (Å²) >= 11 is 0. The van der Waals surface area contributed by atoms with Crippen molar-refractivity contribution in [3.05, 3.63) is 29.3 Å². The van der Waals surface area contributed by atoms with Crippen LogP contribution in [0.25, 0.3) is 10.9 Å². The summed E-state index contributed by atoms with van der Waals surface area (Å²) in [4.78, 5) is 8.21. The van der Waals surface area contributed by atoms with Crippen molar-refractivity contribution >= 4 is 11.5 Å². The van der Waals surface area contributed by atoms with Crippen molar-refractivity contribution < 1.29 is 0 Å². The molecule has 1 aromatic rings. The van der Waals surface area contributed by atoms with Gasteiger partial charge in [-0.15, -0.1) is 0 Å². The van der Waals surface area contributed by atoms with Gasteiger partial charge in [-0.2, -0.15) is 0 Å². The first-order chi connectivity index (χ1) is 5.65. The third kappa shape index (κ3) is 1.61. The highest BCUT2D eigenvalue weighted by Gasteiger charge is 1.94. The smallest absolute Gasteiger partial charge is 0.0231 e. The predicted molar refractivity (Wildman–Crippen MR) is 50.4 cm³/mol. The number of hydrogen-bond donors (Lipinski definition) is 0. The Morgan fingerprint density at radius 1 is 1.58 bits per heavy atom. The molecule has 0 amide bonds. The van der Waals surface area contributed by atoms with Crippen LogP contribution in [0, 0.1) is 6.92 Å². The molecule has 0 unspecified atom stereocenters. The van der Waals surface area contributed by atoms with Crippen LogP contribution in [-0.4, -0.2) is 17.0 Å². The number of nitrogens with zero attached hydrogens (tertiary/aromatic N) is 3. The zero-order valence-corrected chi connectivity index (χ0v) is 7.63. The molecule has 0 bridgehead atoms. The molecule has 0 saturated carbocycles. The fourth-order valence-corrected chi connectivity index (χ4v) is 0.982. The molecule has 64 valence electrons. The molecule has 0 atom stereocenters. The molecular weight excluding hydrogens is 150 g/mol. The minimum Gasteiger partial charge on any atom is -0.397 e. The standard InChI is InChI=1S/C9H12N3/c1-6(2)8-5-11-9(10-4)12-7(8)3/h5H,1H2,2-4H3/q-1. The van der Waals surface area contributed by atoms with E-state index in [9.17, 15) is 0 Å². The highest BCUT2D eigenvalue weighted by molar-refractivity contribution is 5.62. The van der Waals surface area contributed by atoms with E-state index < -0.39 is 0 Å². The van der Waals surface area contributed by atoms with E-state index in [2.05, 4.69) is 21.9 Å². The van der Waals surface area contributed by atoms with Crippen LogP contribution in [0.2, 0.25) is 0 Å². The molecule has 0 saturated heterocycles. The zero-order chi connectivity index (χ0) is 9.14. The van der Waals surface area contributed by atoms with Crippen molar-refractivity contribution in [1.82, 2.24) is 9.97 Å². The fraction of sp³-hybridized carbons (Fsp3) is 0.333. The van der Waals surface area contributed by atoms with Crippen molar-refractivity contribution in [2.24, 2.45) is 0 Å². The highest BCUT2D eigenvalue weighted by Crippen LogP contribution is 2.17. The van der Waals surface area contributed by atoms with E-state index in [1.54, 1.807) is 13.2 Å². The van der Waals surface area contributed by atoms with E-state index in [0.29, 0.717) is 5.95 Å². The van der Waals surface area contributed by atoms with Gasteiger partial charge in [0.15, 0.2) is 0 Å². The average molecular weight is 162 g/mol. The lowest BCUT2D eigenvalue weighted by atomic mass is 10.1. The summed E-state index contributed by atoms with van der Waals surface area (Å²) in [6.07, 6.45) is 1.76. The molecule has 0 spiro atoms. The summed E-state index contributed by atoms with van der Waals surface area (Å²) < 4.78 is 0. The number of rotatable bonds is 2. The first-order valence-corrected chi connectivity index (χ1v) is 3.74. The van der Waals surface area contributed by atoms with Gasteiger partial charge >= 0.3 is 0 Å². The molecule has 0 aliphatic heterocycles. The lowest BCUT2D eigenvalue weighted by molar-refractivity contribution is 1.10. The van der Waals surface area contributed by atoms with Gasteiger partial charge in [0.1, 0.15) is 0 Å². The van der Waals surface area contributed by atoms with Crippen LogP contribution in [0.5, 0.6) is 0 Å². The molecule has 3 heteroatoms. The summed E-state index contributed by atoms with van der Waals surface area (Å²) in [6.45, 7) is 7.70. The van der Waals surface area contributed by atoms with Gasteiger partial charge in [-0.1, -0.05) is 12.2 Å². The van der Waals surface area contributed by atoms with Crippen molar-refractivity contribution in [2.75, 3.05) is 7.05 Å². The maximum atomic E-state index is 4.17. The van der Waals surface area contributed by atoms with Crippen LogP contribution in [0.1, 0.15) is 18.2 Å². The molecule has 1 rings (SSSR count). The first-order valence-electron chi connectivity index (χ1n) is 3.74. The highest BCUT2D eigenvalue weighted by atomic mass is 15.1. The van der Waals surface area contributed by atoms with E-state index in [4.69, 9.17) is 0 Å². The molecule has 0 N–H and O–H groups in total. The first kappa shape index (κ1) is 8.71. The van der Waals surface area contributed by atoms with Crippen LogP contribution in [0.15, 0.2) is 12.8 Å². The third-order valence-corrected chi connectivity index (χ3v) is 1.63. The molecule has 0 aliphatic rings. The van der Waals surface area contributed by atoms with Gasteiger partial charge in [0, 0.05) is 5.95 Å². The van der Waals surface area contributed by atoms with Crippen molar-refractivity contribution in [1.29, 1.82) is 0 Å². The van der Waals surface area contributed by atoms with E-state index in [1.165, 1.54) is 0 Å². The van der Waals surface area contributed by atoms with E-state index in [0.717, 1.165) is 16.8 Å². The van der Waals surface area contributed by atoms with Crippen LogP contribution in [0.3, 0.4) is 0 Å². The Balaban J connectivity index is 3.12. The number of aromatic nitrogens is 2. The molecule has 12 heavy (non-hydrogen) atoms. The molecule has 0 radical (unpaired) electrons. The second kappa shape index (κ2) is 3.34. The normalized spacial score (nSPS) is 9.58. The van der Waals surface area contributed by atoms with Crippen molar-refractivity contribution in [3.8, 4) is 0 Å². The molecule has 0 aromatic carbocycles. The lowest BCUT2D eigenvalue weighted by Crippen LogP contribution is -1.92. The Labute approximate surface area is 72.6 Å². The van der Waals surface area contributed by atoms with Crippen molar-refractivity contribution in [2.45, 2.75) is 13.8 Å². The Hall–Kier alpha value is -1.38. The predicted octanol–water partition coefficient (Wildman–Crippen LogP) is 2.45. The van der Waals surface area contributed by atoms with Gasteiger partial charge in [-0.05, 0) is 38.3 Å². The molecule has 0 fully saturated rings. The number of aryl methyl sites for hydroxylation is 1. The Morgan fingerprint density at radius 2 is 2.25 bits per heavy atom. The SMILES string of the molecule is C=C(C)c1cnc([N-]C)nc1C. The molecule has 0 aliphatic carbocycles. The number of hydrogen-bond acceptors (Lipinski definition) is 2. The average Bonchev–Trinajstić information content (AvgIpc) is 2.03. The van der Waals surface area contributed by atoms with Gasteiger partial charge in [0.25, 0.3) is 0 Å². The number of allylic oxidation sites excluding steroid dienone is 1. The summed E-state index contributed by atoms with van der Waals surface area (Å²) in [7, 11) is 1.68.